The Labute approximate surface area is 191 Å². The van der Waals surface area contributed by atoms with Crippen LogP contribution in [-0.4, -0.2) is 30.9 Å². The van der Waals surface area contributed by atoms with Gasteiger partial charge in [0.25, 0.3) is 15.9 Å². The van der Waals surface area contributed by atoms with Crippen LogP contribution in [0.2, 0.25) is 0 Å². The van der Waals surface area contributed by atoms with E-state index in [9.17, 15) is 13.2 Å². The molecule has 33 heavy (non-hydrogen) atoms. The van der Waals surface area contributed by atoms with Gasteiger partial charge < -0.3 is 10.1 Å². The van der Waals surface area contributed by atoms with E-state index in [-0.39, 0.29) is 23.4 Å². The zero-order valence-corrected chi connectivity index (χ0v) is 18.2. The molecule has 0 saturated carbocycles. The van der Waals surface area contributed by atoms with E-state index < -0.39 is 10.0 Å². The predicted molar refractivity (Wildman–Crippen MR) is 125 cm³/mol. The van der Waals surface area contributed by atoms with E-state index in [2.05, 4.69) is 20.0 Å². The molecule has 0 spiro atoms. The third kappa shape index (κ3) is 5.72. The molecular formula is C24H20N4O4S. The molecule has 166 valence electrons. The molecule has 0 aliphatic carbocycles. The summed E-state index contributed by atoms with van der Waals surface area (Å²) in [4.78, 5) is 20.1. The molecule has 0 aliphatic heterocycles. The fourth-order valence-corrected chi connectivity index (χ4v) is 4.00. The summed E-state index contributed by atoms with van der Waals surface area (Å²) in [6.07, 6.45) is 2.87. The van der Waals surface area contributed by atoms with Crippen LogP contribution < -0.4 is 14.8 Å². The maximum Gasteiger partial charge on any atom is 0.264 e. The number of anilines is 2. The van der Waals surface area contributed by atoms with E-state index in [1.807, 2.05) is 48.5 Å². The van der Waals surface area contributed by atoms with Crippen LogP contribution in [0.25, 0.3) is 11.1 Å². The Morgan fingerprint density at radius 3 is 2.21 bits per heavy atom. The van der Waals surface area contributed by atoms with Gasteiger partial charge in [-0.1, -0.05) is 48.5 Å². The molecule has 0 aliphatic rings. The first-order valence-corrected chi connectivity index (χ1v) is 11.5. The number of sulfonamides is 1. The minimum absolute atomic E-state index is 0.0148. The number of aromatic nitrogens is 2. The first-order valence-electron chi connectivity index (χ1n) is 9.98. The third-order valence-electron chi connectivity index (χ3n) is 4.57. The highest BCUT2D eigenvalue weighted by Gasteiger charge is 2.16. The summed E-state index contributed by atoms with van der Waals surface area (Å²) in [7, 11) is -3.85. The zero-order valence-electron chi connectivity index (χ0n) is 17.4. The van der Waals surface area contributed by atoms with Crippen LogP contribution >= 0.6 is 0 Å². The van der Waals surface area contributed by atoms with E-state index in [0.717, 1.165) is 11.1 Å². The van der Waals surface area contributed by atoms with Crippen LogP contribution in [-0.2, 0) is 14.8 Å². The Kier molecular flexibility index (Phi) is 6.61. The van der Waals surface area contributed by atoms with Crippen molar-refractivity contribution in [3.63, 3.8) is 0 Å². The lowest BCUT2D eigenvalue weighted by atomic mass is 10.1. The highest BCUT2D eigenvalue weighted by Crippen LogP contribution is 2.29. The van der Waals surface area contributed by atoms with Crippen molar-refractivity contribution in [1.29, 1.82) is 0 Å². The summed E-state index contributed by atoms with van der Waals surface area (Å²) < 4.78 is 32.9. The molecule has 8 nitrogen and oxygen atoms in total. The van der Waals surface area contributed by atoms with Crippen molar-refractivity contribution in [2.75, 3.05) is 16.6 Å². The summed E-state index contributed by atoms with van der Waals surface area (Å²) in [5.74, 6) is 0.196. The number of nitrogens with zero attached hydrogens (tertiary/aromatic N) is 2. The van der Waals surface area contributed by atoms with Crippen molar-refractivity contribution in [1.82, 2.24) is 9.97 Å². The summed E-state index contributed by atoms with van der Waals surface area (Å²) in [5.41, 5.74) is 2.31. The van der Waals surface area contributed by atoms with Gasteiger partial charge in [-0.25, -0.2) is 23.1 Å². The normalized spacial score (nSPS) is 10.9. The Bertz CT molecular complexity index is 1330. The Morgan fingerprint density at radius 2 is 1.48 bits per heavy atom. The molecule has 4 aromatic rings. The lowest BCUT2D eigenvalue weighted by molar-refractivity contribution is -0.118. The van der Waals surface area contributed by atoms with Crippen LogP contribution in [0.5, 0.6) is 5.75 Å². The smallest absolute Gasteiger partial charge is 0.264 e. The third-order valence-corrected chi connectivity index (χ3v) is 5.91. The number of amides is 1. The van der Waals surface area contributed by atoms with Crippen molar-refractivity contribution in [2.45, 2.75) is 4.90 Å². The van der Waals surface area contributed by atoms with Crippen molar-refractivity contribution in [2.24, 2.45) is 0 Å². The fourth-order valence-electron chi connectivity index (χ4n) is 3.04. The average molecular weight is 461 g/mol. The van der Waals surface area contributed by atoms with E-state index in [0.29, 0.717) is 11.4 Å². The van der Waals surface area contributed by atoms with E-state index >= 15 is 0 Å². The second kappa shape index (κ2) is 9.92. The molecule has 9 heteroatoms. The lowest BCUT2D eigenvalue weighted by Crippen LogP contribution is -2.20. The van der Waals surface area contributed by atoms with Gasteiger partial charge in [-0.3, -0.25) is 4.79 Å². The molecule has 3 aromatic carbocycles. The maximum absolute atomic E-state index is 12.4. The number of hydrogen-bond acceptors (Lipinski definition) is 6. The van der Waals surface area contributed by atoms with Crippen LogP contribution in [0.3, 0.4) is 0 Å². The highest BCUT2D eigenvalue weighted by atomic mass is 32.2. The number of carbonyl (C=O) groups is 1. The topological polar surface area (TPSA) is 110 Å². The molecule has 0 radical (unpaired) electrons. The number of rotatable bonds is 8. The Balaban J connectivity index is 1.37. The molecule has 1 heterocycles. The van der Waals surface area contributed by atoms with Crippen molar-refractivity contribution in [3.05, 3.63) is 97.3 Å². The van der Waals surface area contributed by atoms with Crippen LogP contribution in [0, 0.1) is 0 Å². The number of para-hydroxylation sites is 1. The summed E-state index contributed by atoms with van der Waals surface area (Å²) >= 11 is 0. The monoisotopic (exact) mass is 460 g/mol. The second-order valence-corrected chi connectivity index (χ2v) is 8.58. The Morgan fingerprint density at radius 1 is 0.818 bits per heavy atom. The predicted octanol–water partition coefficient (Wildman–Crippen LogP) is 3.96. The maximum atomic E-state index is 12.4. The van der Waals surface area contributed by atoms with Gasteiger partial charge in [-0.05, 0) is 42.0 Å². The summed E-state index contributed by atoms with van der Waals surface area (Å²) in [6, 6.07) is 24.6. The lowest BCUT2D eigenvalue weighted by Gasteiger charge is -2.12. The SMILES string of the molecule is O=C(COc1ccccc1-c1ccccc1)Nc1ccc(S(=O)(=O)Nc2ncccn2)cc1. The molecule has 0 unspecified atom stereocenters. The van der Waals surface area contributed by atoms with Crippen LogP contribution in [0.4, 0.5) is 11.6 Å². The van der Waals surface area contributed by atoms with Gasteiger partial charge in [-0.2, -0.15) is 0 Å². The first kappa shape index (κ1) is 22.0. The van der Waals surface area contributed by atoms with Crippen LogP contribution in [0.1, 0.15) is 0 Å². The van der Waals surface area contributed by atoms with Gasteiger partial charge >= 0.3 is 0 Å². The van der Waals surface area contributed by atoms with Gasteiger partial charge in [0.2, 0.25) is 5.95 Å². The van der Waals surface area contributed by atoms with Gasteiger partial charge in [0.15, 0.2) is 6.61 Å². The first-order chi connectivity index (χ1) is 16.0. The van der Waals surface area contributed by atoms with Gasteiger partial charge in [0, 0.05) is 23.6 Å². The zero-order chi connectivity index (χ0) is 23.1. The van der Waals surface area contributed by atoms with Crippen molar-refractivity contribution >= 4 is 27.6 Å². The van der Waals surface area contributed by atoms with Crippen molar-refractivity contribution in [3.8, 4) is 16.9 Å². The molecule has 0 saturated heterocycles. The number of carbonyl (C=O) groups excluding carboxylic acids is 1. The molecule has 0 atom stereocenters. The quantitative estimate of drug-likeness (QED) is 0.412. The van der Waals surface area contributed by atoms with E-state index in [1.165, 1.54) is 36.7 Å². The van der Waals surface area contributed by atoms with Crippen molar-refractivity contribution < 1.29 is 17.9 Å². The Hall–Kier alpha value is -4.24. The minimum Gasteiger partial charge on any atom is -0.483 e. The minimum atomic E-state index is -3.85. The van der Waals surface area contributed by atoms with Gasteiger partial charge in [-0.15, -0.1) is 0 Å². The molecule has 0 bridgehead atoms. The molecule has 0 fully saturated rings. The summed E-state index contributed by atoms with van der Waals surface area (Å²) in [6.45, 7) is -0.198. The van der Waals surface area contributed by atoms with Gasteiger partial charge in [0.05, 0.1) is 4.90 Å². The van der Waals surface area contributed by atoms with Gasteiger partial charge in [0.1, 0.15) is 5.75 Å². The molecule has 4 rings (SSSR count). The summed E-state index contributed by atoms with van der Waals surface area (Å²) in [5, 5.41) is 2.70. The molecule has 2 N–H and O–H groups in total. The highest BCUT2D eigenvalue weighted by molar-refractivity contribution is 7.92. The average Bonchev–Trinajstić information content (AvgIpc) is 2.84. The molecule has 1 amide bonds. The molecule has 1 aromatic heterocycles. The number of hydrogen-bond donors (Lipinski definition) is 2. The molecular weight excluding hydrogens is 440 g/mol. The number of nitrogens with one attached hydrogen (secondary N) is 2. The van der Waals surface area contributed by atoms with E-state index in [1.54, 1.807) is 12.1 Å². The largest absolute Gasteiger partial charge is 0.483 e. The van der Waals surface area contributed by atoms with E-state index in [4.69, 9.17) is 4.74 Å². The fraction of sp³-hybridized carbons (Fsp3) is 0.0417. The standard InChI is InChI=1S/C24H20N4O4S/c29-23(17-32-22-10-5-4-9-21(22)18-7-2-1-3-8-18)27-19-11-13-20(14-12-19)33(30,31)28-24-25-15-6-16-26-24/h1-16H,17H2,(H,27,29)(H,25,26,28). The number of benzene rings is 3. The second-order valence-electron chi connectivity index (χ2n) is 6.90. The number of ether oxygens (including phenoxy) is 1. The van der Waals surface area contributed by atoms with Crippen LogP contribution in [0.15, 0.2) is 102 Å².